The van der Waals surface area contributed by atoms with Crippen LogP contribution in [-0.2, 0) is 9.53 Å². The summed E-state index contributed by atoms with van der Waals surface area (Å²) in [4.78, 5) is 25.0. The van der Waals surface area contributed by atoms with E-state index in [1.165, 1.54) is 6.92 Å². The van der Waals surface area contributed by atoms with Gasteiger partial charge in [0.25, 0.3) is 0 Å². The van der Waals surface area contributed by atoms with Gasteiger partial charge in [0.15, 0.2) is 6.04 Å². The number of benzene rings is 2. The first-order valence-electron chi connectivity index (χ1n) is 8.98. The highest BCUT2D eigenvalue weighted by Gasteiger charge is 2.35. The number of aliphatic hydroxyl groups excluding tert-OH is 1. The van der Waals surface area contributed by atoms with E-state index >= 15 is 0 Å². The summed E-state index contributed by atoms with van der Waals surface area (Å²) in [5.74, 6) is -1.37. The topological polar surface area (TPSA) is 87.1 Å². The number of hydrogen-bond acceptors (Lipinski definition) is 4. The molecule has 6 nitrogen and oxygen atoms in total. The molecule has 3 rings (SSSR count). The molecule has 0 bridgehead atoms. The Morgan fingerprint density at radius 2 is 1.59 bits per heavy atom. The minimum absolute atomic E-state index is 0.102. The van der Waals surface area contributed by atoms with E-state index in [4.69, 9.17) is 4.74 Å². The minimum atomic E-state index is -1.34. The van der Waals surface area contributed by atoms with Gasteiger partial charge in [-0.05, 0) is 36.1 Å². The number of aliphatic carboxylic acids is 1. The molecule has 1 aliphatic rings. The summed E-state index contributed by atoms with van der Waals surface area (Å²) in [5, 5.41) is 19.1. The number of carboxylic acid groups (broad SMARTS) is 1. The van der Waals surface area contributed by atoms with Crippen LogP contribution < -0.4 is 0 Å². The summed E-state index contributed by atoms with van der Waals surface area (Å²) in [6.45, 7) is 3.23. The number of ether oxygens (including phenoxy) is 1. The first-order chi connectivity index (χ1) is 13.0. The zero-order valence-corrected chi connectivity index (χ0v) is 15.3. The van der Waals surface area contributed by atoms with E-state index in [1.54, 1.807) is 6.92 Å². The Morgan fingerprint density at radius 1 is 1.07 bits per heavy atom. The number of hydrogen-bond donors (Lipinski definition) is 2. The van der Waals surface area contributed by atoms with Crippen LogP contribution in [0, 0.1) is 0 Å². The van der Waals surface area contributed by atoms with Crippen LogP contribution in [0.15, 0.2) is 48.5 Å². The summed E-state index contributed by atoms with van der Waals surface area (Å²) in [7, 11) is 0. The van der Waals surface area contributed by atoms with Crippen molar-refractivity contribution in [2.45, 2.75) is 31.9 Å². The number of carbonyl (C=O) groups is 2. The molecule has 27 heavy (non-hydrogen) atoms. The Bertz CT molecular complexity index is 802. The molecule has 142 valence electrons. The Balaban J connectivity index is 1.80. The maximum absolute atomic E-state index is 12.5. The number of carboxylic acids is 1. The van der Waals surface area contributed by atoms with Crippen LogP contribution in [0.3, 0.4) is 0 Å². The predicted molar refractivity (Wildman–Crippen MR) is 101 cm³/mol. The van der Waals surface area contributed by atoms with Gasteiger partial charge in [-0.25, -0.2) is 9.59 Å². The Hall–Kier alpha value is -2.86. The van der Waals surface area contributed by atoms with Crippen LogP contribution in [0.2, 0.25) is 0 Å². The predicted octanol–water partition coefficient (Wildman–Crippen LogP) is 3.09. The highest BCUT2D eigenvalue weighted by atomic mass is 16.6. The van der Waals surface area contributed by atoms with Gasteiger partial charge in [-0.2, -0.15) is 0 Å². The van der Waals surface area contributed by atoms with E-state index in [0.717, 1.165) is 27.2 Å². The van der Waals surface area contributed by atoms with E-state index in [1.807, 2.05) is 48.5 Å². The molecule has 2 aromatic carbocycles. The summed E-state index contributed by atoms with van der Waals surface area (Å²) in [6, 6.07) is 14.6. The van der Waals surface area contributed by atoms with Crippen molar-refractivity contribution in [2.75, 3.05) is 13.2 Å². The van der Waals surface area contributed by atoms with E-state index < -0.39 is 24.2 Å². The molecule has 1 aliphatic carbocycles. The zero-order valence-electron chi connectivity index (χ0n) is 15.3. The Labute approximate surface area is 158 Å². The lowest BCUT2D eigenvalue weighted by atomic mass is 9.98. The molecule has 0 aromatic heterocycles. The van der Waals surface area contributed by atoms with Crippen molar-refractivity contribution in [2.24, 2.45) is 0 Å². The number of amides is 1. The first kappa shape index (κ1) is 18.9. The third-order valence-corrected chi connectivity index (χ3v) is 4.96. The fourth-order valence-electron chi connectivity index (χ4n) is 3.72. The van der Waals surface area contributed by atoms with Gasteiger partial charge in [-0.15, -0.1) is 0 Å². The van der Waals surface area contributed by atoms with Crippen molar-refractivity contribution in [3.63, 3.8) is 0 Å². The largest absolute Gasteiger partial charge is 0.480 e. The normalized spacial score (nSPS) is 14.8. The van der Waals surface area contributed by atoms with Crippen LogP contribution in [-0.4, -0.2) is 52.5 Å². The van der Waals surface area contributed by atoms with Gasteiger partial charge in [-0.3, -0.25) is 4.90 Å². The SMILES string of the molecule is CCN(C(=O)OCC1c2ccccc2-c2ccccc21)[C@H](C(=O)O)[C@@H](C)O. The quantitative estimate of drug-likeness (QED) is 0.817. The van der Waals surface area contributed by atoms with E-state index in [2.05, 4.69) is 0 Å². The number of carbonyl (C=O) groups excluding carboxylic acids is 1. The number of rotatable bonds is 6. The van der Waals surface area contributed by atoms with Crippen LogP contribution in [0.25, 0.3) is 11.1 Å². The number of aliphatic hydroxyl groups is 1. The van der Waals surface area contributed by atoms with Gasteiger partial charge in [0, 0.05) is 12.5 Å². The van der Waals surface area contributed by atoms with E-state index in [9.17, 15) is 19.8 Å². The third-order valence-electron chi connectivity index (χ3n) is 4.96. The molecule has 6 heteroatoms. The van der Waals surface area contributed by atoms with Crippen molar-refractivity contribution in [1.82, 2.24) is 4.90 Å². The van der Waals surface area contributed by atoms with Crippen molar-refractivity contribution >= 4 is 12.1 Å². The van der Waals surface area contributed by atoms with Crippen LogP contribution >= 0.6 is 0 Å². The highest BCUT2D eigenvalue weighted by Crippen LogP contribution is 2.44. The van der Waals surface area contributed by atoms with Crippen molar-refractivity contribution in [3.05, 3.63) is 59.7 Å². The second-order valence-corrected chi connectivity index (χ2v) is 6.61. The van der Waals surface area contributed by atoms with Gasteiger partial charge >= 0.3 is 12.1 Å². The molecule has 2 aromatic rings. The number of nitrogens with zero attached hydrogens (tertiary/aromatic N) is 1. The van der Waals surface area contributed by atoms with E-state index in [0.29, 0.717) is 0 Å². The average Bonchev–Trinajstić information content (AvgIpc) is 2.97. The van der Waals surface area contributed by atoms with Crippen molar-refractivity contribution in [3.8, 4) is 11.1 Å². The van der Waals surface area contributed by atoms with Crippen molar-refractivity contribution in [1.29, 1.82) is 0 Å². The fourth-order valence-corrected chi connectivity index (χ4v) is 3.72. The smallest absolute Gasteiger partial charge is 0.410 e. The summed E-state index contributed by atoms with van der Waals surface area (Å²) in [5.41, 5.74) is 4.41. The van der Waals surface area contributed by atoms with Crippen LogP contribution in [0.1, 0.15) is 30.9 Å². The summed E-state index contributed by atoms with van der Waals surface area (Å²) in [6.07, 6.45) is -1.95. The lowest BCUT2D eigenvalue weighted by Gasteiger charge is -2.29. The van der Waals surface area contributed by atoms with Crippen molar-refractivity contribution < 1.29 is 24.5 Å². The number of likely N-dealkylation sites (N-methyl/N-ethyl adjacent to an activating group) is 1. The average molecular weight is 369 g/mol. The van der Waals surface area contributed by atoms with Gasteiger partial charge in [-0.1, -0.05) is 48.5 Å². The third kappa shape index (κ3) is 3.53. The van der Waals surface area contributed by atoms with Crippen LogP contribution in [0.5, 0.6) is 0 Å². The molecule has 0 aliphatic heterocycles. The van der Waals surface area contributed by atoms with Gasteiger partial charge < -0.3 is 14.9 Å². The molecule has 0 unspecified atom stereocenters. The molecule has 0 radical (unpaired) electrons. The standard InChI is InChI=1S/C21H23NO5/c1-3-22(19(13(2)23)20(24)25)21(26)27-12-18-16-10-6-4-8-14(16)15-9-5-7-11-17(15)18/h4-11,13,18-19,23H,3,12H2,1-2H3,(H,24,25)/t13-,19+/m1/s1. The molecule has 0 spiro atoms. The lowest BCUT2D eigenvalue weighted by molar-refractivity contribution is -0.146. The first-order valence-corrected chi connectivity index (χ1v) is 8.98. The molecule has 2 atom stereocenters. The molecule has 2 N–H and O–H groups in total. The second-order valence-electron chi connectivity index (χ2n) is 6.61. The number of fused-ring (bicyclic) bond motifs is 3. The molecule has 0 heterocycles. The highest BCUT2D eigenvalue weighted by molar-refractivity contribution is 5.81. The van der Waals surface area contributed by atoms with Gasteiger partial charge in [0.1, 0.15) is 6.61 Å². The summed E-state index contributed by atoms with van der Waals surface area (Å²) < 4.78 is 5.49. The Kier molecular flexibility index (Phi) is 5.46. The monoisotopic (exact) mass is 369 g/mol. The molecule has 0 saturated heterocycles. The zero-order chi connectivity index (χ0) is 19.6. The second kappa shape index (κ2) is 7.80. The molecule has 1 amide bonds. The lowest BCUT2D eigenvalue weighted by Crippen LogP contribution is -2.51. The van der Waals surface area contributed by atoms with Crippen LogP contribution in [0.4, 0.5) is 4.79 Å². The molecular formula is C21H23NO5. The maximum Gasteiger partial charge on any atom is 0.410 e. The summed E-state index contributed by atoms with van der Waals surface area (Å²) >= 11 is 0. The fraction of sp³-hybridized carbons (Fsp3) is 0.333. The molecule has 0 fully saturated rings. The molecule has 0 saturated carbocycles. The Morgan fingerprint density at radius 3 is 2.04 bits per heavy atom. The van der Waals surface area contributed by atoms with E-state index in [-0.39, 0.29) is 19.1 Å². The minimum Gasteiger partial charge on any atom is -0.480 e. The molecular weight excluding hydrogens is 346 g/mol. The van der Waals surface area contributed by atoms with Gasteiger partial charge in [0.05, 0.1) is 6.10 Å². The maximum atomic E-state index is 12.5. The van der Waals surface area contributed by atoms with Gasteiger partial charge in [0.2, 0.25) is 0 Å².